The van der Waals surface area contributed by atoms with Crippen LogP contribution in [0.1, 0.15) is 52.2 Å². The van der Waals surface area contributed by atoms with Crippen molar-refractivity contribution in [1.29, 1.82) is 0 Å². The van der Waals surface area contributed by atoms with E-state index in [0.717, 1.165) is 43.6 Å². The van der Waals surface area contributed by atoms with E-state index >= 15 is 0 Å². The highest BCUT2D eigenvalue weighted by molar-refractivity contribution is 5.66. The number of hydrogen-bond acceptors (Lipinski definition) is 5. The molecule has 0 saturated carbocycles. The van der Waals surface area contributed by atoms with Crippen LogP contribution in [0.2, 0.25) is 0 Å². The summed E-state index contributed by atoms with van der Waals surface area (Å²) in [6, 6.07) is 10.9. The van der Waals surface area contributed by atoms with E-state index in [-0.39, 0.29) is 13.2 Å². The van der Waals surface area contributed by atoms with Gasteiger partial charge >= 0.3 is 6.18 Å². The molecular formula is C29H30F3N3O3. The van der Waals surface area contributed by atoms with Crippen LogP contribution < -0.4 is 4.74 Å². The quantitative estimate of drug-likeness (QED) is 0.214. The van der Waals surface area contributed by atoms with Crippen LogP contribution in [0.3, 0.4) is 0 Å². The van der Waals surface area contributed by atoms with Crippen molar-refractivity contribution in [1.82, 2.24) is 14.8 Å². The predicted molar refractivity (Wildman–Crippen MR) is 138 cm³/mol. The summed E-state index contributed by atoms with van der Waals surface area (Å²) in [5.74, 6) is 1.09. The third kappa shape index (κ3) is 7.82. The summed E-state index contributed by atoms with van der Waals surface area (Å²) in [6.45, 7) is 2.92. The lowest BCUT2D eigenvalue weighted by atomic mass is 10.0. The fraction of sp³-hybridized carbons (Fsp3) is 0.310. The third-order valence-corrected chi connectivity index (χ3v) is 6.10. The lowest BCUT2D eigenvalue weighted by molar-refractivity contribution is -0.137. The SMILES string of the molecule is Cc1cc(OCc2coc(/C=C/c3ccc(C(F)(F)F)cc3)n2)ccc1CCCCc1cnn(CCO)c1. The number of hydrogen-bond donors (Lipinski definition) is 1. The van der Waals surface area contributed by atoms with Gasteiger partial charge in [0.05, 0.1) is 24.9 Å². The highest BCUT2D eigenvalue weighted by atomic mass is 19.4. The number of aliphatic hydroxyl groups excluding tert-OH is 1. The van der Waals surface area contributed by atoms with Crippen LogP contribution in [0.4, 0.5) is 13.2 Å². The van der Waals surface area contributed by atoms with Gasteiger partial charge in [-0.15, -0.1) is 0 Å². The zero-order valence-corrected chi connectivity index (χ0v) is 21.1. The Morgan fingerprint density at radius 2 is 1.84 bits per heavy atom. The van der Waals surface area contributed by atoms with Gasteiger partial charge in [-0.1, -0.05) is 18.2 Å². The van der Waals surface area contributed by atoms with Crippen LogP contribution in [0.15, 0.2) is 65.5 Å². The Morgan fingerprint density at radius 3 is 2.58 bits per heavy atom. The summed E-state index contributed by atoms with van der Waals surface area (Å²) in [5, 5.41) is 13.2. The van der Waals surface area contributed by atoms with Gasteiger partial charge in [0.1, 0.15) is 24.3 Å². The van der Waals surface area contributed by atoms with Crippen LogP contribution in [0.5, 0.6) is 5.75 Å². The van der Waals surface area contributed by atoms with Gasteiger partial charge in [-0.05, 0) is 85.2 Å². The Bertz CT molecular complexity index is 1340. The Kier molecular flexibility index (Phi) is 9.02. The number of nitrogens with zero attached hydrogens (tertiary/aromatic N) is 3. The predicted octanol–water partition coefficient (Wildman–Crippen LogP) is 6.51. The van der Waals surface area contributed by atoms with Crippen molar-refractivity contribution < 1.29 is 27.4 Å². The first-order chi connectivity index (χ1) is 18.3. The number of benzene rings is 2. The van der Waals surface area contributed by atoms with Crippen molar-refractivity contribution in [2.24, 2.45) is 0 Å². The van der Waals surface area contributed by atoms with Crippen LogP contribution in [-0.2, 0) is 32.2 Å². The molecule has 0 aliphatic carbocycles. The minimum atomic E-state index is -4.35. The van der Waals surface area contributed by atoms with Crippen LogP contribution in [0, 0.1) is 6.92 Å². The second-order valence-electron chi connectivity index (χ2n) is 9.05. The Hall–Kier alpha value is -3.85. The molecule has 6 nitrogen and oxygen atoms in total. The molecule has 9 heteroatoms. The van der Waals surface area contributed by atoms with Crippen molar-refractivity contribution >= 4 is 12.2 Å². The van der Waals surface area contributed by atoms with Crippen LogP contribution in [0.25, 0.3) is 12.2 Å². The van der Waals surface area contributed by atoms with Crippen molar-refractivity contribution in [3.05, 3.63) is 101 Å². The summed E-state index contributed by atoms with van der Waals surface area (Å²) in [7, 11) is 0. The minimum absolute atomic E-state index is 0.0890. The van der Waals surface area contributed by atoms with Crippen LogP contribution in [-0.4, -0.2) is 26.5 Å². The molecule has 0 spiro atoms. The molecule has 0 saturated heterocycles. The Labute approximate surface area is 219 Å². The zero-order chi connectivity index (χ0) is 27.0. The molecule has 0 fully saturated rings. The van der Waals surface area contributed by atoms with Gasteiger partial charge in [0, 0.05) is 12.3 Å². The summed E-state index contributed by atoms with van der Waals surface area (Å²) in [5.41, 5.74) is 4.17. The number of aliphatic hydroxyl groups is 1. The van der Waals surface area contributed by atoms with Crippen molar-refractivity contribution in [3.63, 3.8) is 0 Å². The standard InChI is InChI=1S/C29H30F3N3O3/c1-21-16-27(12-9-24(21)5-3-2-4-23-17-33-35(18-23)14-15-36)37-19-26-20-38-28(34-26)13-8-22-6-10-25(11-7-22)29(30,31)32/h6-13,16-18,20,36H,2-5,14-15,19H2,1H3/b13-8+. The van der Waals surface area contributed by atoms with Gasteiger partial charge in [-0.25, -0.2) is 4.98 Å². The van der Waals surface area contributed by atoms with Gasteiger partial charge in [-0.2, -0.15) is 18.3 Å². The van der Waals surface area contributed by atoms with E-state index in [0.29, 0.717) is 23.7 Å². The van der Waals surface area contributed by atoms with Gasteiger partial charge in [0.25, 0.3) is 0 Å². The lowest BCUT2D eigenvalue weighted by Gasteiger charge is -2.09. The largest absolute Gasteiger partial charge is 0.487 e. The zero-order valence-electron chi connectivity index (χ0n) is 21.1. The summed E-state index contributed by atoms with van der Waals surface area (Å²) in [6.07, 6.45) is 8.31. The topological polar surface area (TPSA) is 73.3 Å². The molecule has 2 heterocycles. The van der Waals surface area contributed by atoms with E-state index < -0.39 is 11.7 Å². The monoisotopic (exact) mass is 525 g/mol. The van der Waals surface area contributed by atoms with Crippen LogP contribution >= 0.6 is 0 Å². The third-order valence-electron chi connectivity index (χ3n) is 6.10. The number of aromatic nitrogens is 3. The van der Waals surface area contributed by atoms with E-state index in [9.17, 15) is 13.2 Å². The average molecular weight is 526 g/mol. The van der Waals surface area contributed by atoms with E-state index in [1.54, 1.807) is 16.8 Å². The van der Waals surface area contributed by atoms with E-state index in [1.807, 2.05) is 24.5 Å². The summed E-state index contributed by atoms with van der Waals surface area (Å²) >= 11 is 0. The average Bonchev–Trinajstić information content (AvgIpc) is 3.54. The first kappa shape index (κ1) is 27.2. The molecule has 4 rings (SSSR count). The first-order valence-corrected chi connectivity index (χ1v) is 12.4. The van der Waals surface area contributed by atoms with Crippen molar-refractivity contribution in [2.75, 3.05) is 6.61 Å². The molecule has 0 unspecified atom stereocenters. The number of alkyl halides is 3. The molecule has 4 aromatic rings. The minimum Gasteiger partial charge on any atom is -0.487 e. The molecule has 0 bridgehead atoms. The smallest absolute Gasteiger partial charge is 0.416 e. The molecule has 200 valence electrons. The Morgan fingerprint density at radius 1 is 1.05 bits per heavy atom. The molecule has 2 aromatic heterocycles. The molecule has 0 radical (unpaired) electrons. The molecule has 2 aromatic carbocycles. The molecule has 0 aliphatic heterocycles. The lowest BCUT2D eigenvalue weighted by Crippen LogP contribution is -2.03. The van der Waals surface area contributed by atoms with Gasteiger partial charge in [-0.3, -0.25) is 4.68 Å². The molecule has 38 heavy (non-hydrogen) atoms. The maximum absolute atomic E-state index is 12.7. The van der Waals surface area contributed by atoms with E-state index in [1.165, 1.54) is 35.1 Å². The van der Waals surface area contributed by atoms with E-state index in [2.05, 4.69) is 23.1 Å². The second-order valence-corrected chi connectivity index (χ2v) is 9.05. The maximum atomic E-state index is 12.7. The molecule has 0 aliphatic rings. The number of oxazole rings is 1. The van der Waals surface area contributed by atoms with E-state index in [4.69, 9.17) is 14.3 Å². The van der Waals surface area contributed by atoms with Crippen molar-refractivity contribution in [3.8, 4) is 5.75 Å². The number of rotatable bonds is 12. The summed E-state index contributed by atoms with van der Waals surface area (Å²) < 4.78 is 51.1. The highest BCUT2D eigenvalue weighted by Crippen LogP contribution is 2.29. The number of halogens is 3. The number of ether oxygens (including phenoxy) is 1. The molecule has 0 atom stereocenters. The van der Waals surface area contributed by atoms with Gasteiger partial charge in [0.15, 0.2) is 0 Å². The Balaban J connectivity index is 1.22. The maximum Gasteiger partial charge on any atom is 0.416 e. The highest BCUT2D eigenvalue weighted by Gasteiger charge is 2.29. The second kappa shape index (κ2) is 12.6. The fourth-order valence-corrected chi connectivity index (χ4v) is 4.02. The van der Waals surface area contributed by atoms with Gasteiger partial charge < -0.3 is 14.3 Å². The molecule has 1 N–H and O–H groups in total. The number of unbranched alkanes of at least 4 members (excludes halogenated alkanes) is 1. The fourth-order valence-electron chi connectivity index (χ4n) is 4.02. The summed E-state index contributed by atoms with van der Waals surface area (Å²) in [4.78, 5) is 4.35. The molecule has 0 amide bonds. The van der Waals surface area contributed by atoms with Gasteiger partial charge in [0.2, 0.25) is 5.89 Å². The number of aryl methyl sites for hydroxylation is 3. The van der Waals surface area contributed by atoms with Crippen molar-refractivity contribution in [2.45, 2.75) is 51.9 Å². The normalized spacial score (nSPS) is 11.9. The molecular weight excluding hydrogens is 495 g/mol. The first-order valence-electron chi connectivity index (χ1n) is 12.4.